The molecule has 1 fully saturated rings. The molecule has 1 saturated heterocycles. The largest absolute Gasteiger partial charge is 0.480 e. The molecule has 0 amide bonds. The fourth-order valence-electron chi connectivity index (χ4n) is 4.67. The van der Waals surface area contributed by atoms with E-state index < -0.39 is 12.0 Å². The molecule has 0 saturated carbocycles. The smallest absolute Gasteiger partial charge is 0.320 e. The number of carboxylic acid groups (broad SMARTS) is 1. The Bertz CT molecular complexity index is 1170. The molecule has 1 aliphatic heterocycles. The Balaban J connectivity index is 1.56. The number of likely N-dealkylation sites (tertiary alicyclic amines) is 1. The van der Waals surface area contributed by atoms with Gasteiger partial charge in [0, 0.05) is 11.6 Å². The summed E-state index contributed by atoms with van der Waals surface area (Å²) in [4.78, 5) is 13.7. The zero-order valence-electron chi connectivity index (χ0n) is 19.2. The van der Waals surface area contributed by atoms with Gasteiger partial charge in [-0.05, 0) is 78.2 Å². The van der Waals surface area contributed by atoms with Crippen LogP contribution in [0.1, 0.15) is 47.1 Å². The van der Waals surface area contributed by atoms with Gasteiger partial charge in [0.2, 0.25) is 0 Å². The number of aliphatic carboxylic acids is 1. The molecule has 0 aromatic heterocycles. The van der Waals surface area contributed by atoms with Gasteiger partial charge >= 0.3 is 5.97 Å². The monoisotopic (exact) mass is 459 g/mol. The fraction of sp³-hybridized carbons (Fsp3) is 0.276. The third-order valence-corrected chi connectivity index (χ3v) is 6.96. The molecule has 1 atom stereocenters. The molecular formula is C29H30ClNO2. The van der Waals surface area contributed by atoms with E-state index in [2.05, 4.69) is 79.4 Å². The molecule has 3 aromatic carbocycles. The summed E-state index contributed by atoms with van der Waals surface area (Å²) < 4.78 is 0. The number of rotatable bonds is 6. The van der Waals surface area contributed by atoms with Crippen LogP contribution in [-0.4, -0.2) is 28.6 Å². The van der Waals surface area contributed by atoms with Crippen molar-refractivity contribution in [1.29, 1.82) is 0 Å². The van der Waals surface area contributed by atoms with Crippen molar-refractivity contribution in [3.63, 3.8) is 0 Å². The number of benzene rings is 3. The predicted molar refractivity (Wildman–Crippen MR) is 137 cm³/mol. The first kappa shape index (κ1) is 23.3. The summed E-state index contributed by atoms with van der Waals surface area (Å²) in [5.41, 5.74) is 8.01. The molecule has 0 bridgehead atoms. The molecule has 0 spiro atoms. The first-order chi connectivity index (χ1) is 15.9. The number of hydrogen-bond donors (Lipinski definition) is 1. The second-order valence-electron chi connectivity index (χ2n) is 8.84. The average Bonchev–Trinajstić information content (AvgIpc) is 2.82. The zero-order valence-corrected chi connectivity index (χ0v) is 20.0. The number of carbonyl (C=O) groups is 1. The lowest BCUT2D eigenvalue weighted by Crippen LogP contribution is -2.44. The highest BCUT2D eigenvalue weighted by Gasteiger charge is 2.28. The van der Waals surface area contributed by atoms with E-state index in [9.17, 15) is 9.90 Å². The van der Waals surface area contributed by atoms with Crippen LogP contribution in [-0.2, 0) is 11.3 Å². The van der Waals surface area contributed by atoms with Crippen molar-refractivity contribution in [3.05, 3.63) is 93.5 Å². The molecule has 1 aliphatic rings. The van der Waals surface area contributed by atoms with Crippen LogP contribution in [0.3, 0.4) is 0 Å². The lowest BCUT2D eigenvalue weighted by Gasteiger charge is -2.33. The van der Waals surface area contributed by atoms with Crippen LogP contribution >= 0.6 is 11.6 Å². The quantitative estimate of drug-likeness (QED) is 0.395. The number of halogens is 1. The van der Waals surface area contributed by atoms with E-state index in [0.717, 1.165) is 41.6 Å². The Hall–Kier alpha value is -2.88. The van der Waals surface area contributed by atoms with Gasteiger partial charge in [0.1, 0.15) is 6.04 Å². The molecule has 33 heavy (non-hydrogen) atoms. The first-order valence-electron chi connectivity index (χ1n) is 11.5. The summed E-state index contributed by atoms with van der Waals surface area (Å²) in [6.07, 6.45) is 6.91. The third kappa shape index (κ3) is 5.38. The highest BCUT2D eigenvalue weighted by Crippen LogP contribution is 2.29. The average molecular weight is 460 g/mol. The topological polar surface area (TPSA) is 40.5 Å². The lowest BCUT2D eigenvalue weighted by molar-refractivity contribution is -0.144. The number of carboxylic acids is 1. The van der Waals surface area contributed by atoms with Crippen LogP contribution < -0.4 is 0 Å². The van der Waals surface area contributed by atoms with Gasteiger partial charge in [0.25, 0.3) is 0 Å². The van der Waals surface area contributed by atoms with Crippen molar-refractivity contribution in [1.82, 2.24) is 4.90 Å². The zero-order chi connectivity index (χ0) is 23.4. The summed E-state index contributed by atoms with van der Waals surface area (Å²) in [5, 5.41) is 10.3. The minimum absolute atomic E-state index is 0.406. The van der Waals surface area contributed by atoms with Crippen LogP contribution in [0.2, 0.25) is 5.02 Å². The fourth-order valence-corrected chi connectivity index (χ4v) is 4.92. The summed E-state index contributed by atoms with van der Waals surface area (Å²) >= 11 is 6.67. The van der Waals surface area contributed by atoms with Gasteiger partial charge in [-0.3, -0.25) is 9.69 Å². The summed E-state index contributed by atoms with van der Waals surface area (Å²) in [7, 11) is 0. The maximum atomic E-state index is 11.6. The minimum Gasteiger partial charge on any atom is -0.480 e. The summed E-state index contributed by atoms with van der Waals surface area (Å²) in [6.45, 7) is 5.65. The molecule has 3 aromatic rings. The molecule has 4 rings (SSSR count). The van der Waals surface area contributed by atoms with E-state index >= 15 is 0 Å². The van der Waals surface area contributed by atoms with Gasteiger partial charge in [-0.2, -0.15) is 0 Å². The second kappa shape index (κ2) is 10.4. The van der Waals surface area contributed by atoms with Crippen molar-refractivity contribution >= 4 is 29.7 Å². The molecule has 170 valence electrons. The van der Waals surface area contributed by atoms with Crippen molar-refractivity contribution in [2.24, 2.45) is 0 Å². The molecule has 0 unspecified atom stereocenters. The van der Waals surface area contributed by atoms with Gasteiger partial charge in [0.05, 0.1) is 0 Å². The van der Waals surface area contributed by atoms with E-state index in [4.69, 9.17) is 11.6 Å². The van der Waals surface area contributed by atoms with Crippen LogP contribution in [0.5, 0.6) is 0 Å². The molecule has 1 N–H and O–H groups in total. The summed E-state index contributed by atoms with van der Waals surface area (Å²) in [5.74, 6) is -0.730. The van der Waals surface area contributed by atoms with Gasteiger partial charge < -0.3 is 5.11 Å². The molecule has 3 nitrogen and oxygen atoms in total. The predicted octanol–water partition coefficient (Wildman–Crippen LogP) is 7.23. The van der Waals surface area contributed by atoms with Crippen molar-refractivity contribution in [3.8, 4) is 11.1 Å². The Morgan fingerprint density at radius 3 is 2.55 bits per heavy atom. The summed E-state index contributed by atoms with van der Waals surface area (Å²) in [6, 6.07) is 20.5. The Morgan fingerprint density at radius 2 is 1.79 bits per heavy atom. The van der Waals surface area contributed by atoms with E-state index in [0.29, 0.717) is 18.0 Å². The number of piperidine rings is 1. The van der Waals surface area contributed by atoms with E-state index in [1.807, 2.05) is 12.1 Å². The molecule has 4 heteroatoms. The van der Waals surface area contributed by atoms with Crippen molar-refractivity contribution in [2.45, 2.75) is 45.7 Å². The van der Waals surface area contributed by atoms with E-state index in [-0.39, 0.29) is 0 Å². The van der Waals surface area contributed by atoms with Crippen LogP contribution in [0.4, 0.5) is 0 Å². The maximum Gasteiger partial charge on any atom is 0.320 e. The van der Waals surface area contributed by atoms with Crippen molar-refractivity contribution < 1.29 is 9.90 Å². The van der Waals surface area contributed by atoms with E-state index in [1.165, 1.54) is 16.7 Å². The van der Waals surface area contributed by atoms with Gasteiger partial charge in [-0.1, -0.05) is 84.8 Å². The lowest BCUT2D eigenvalue weighted by atomic mass is 9.95. The van der Waals surface area contributed by atoms with Crippen molar-refractivity contribution in [2.75, 3.05) is 6.54 Å². The highest BCUT2D eigenvalue weighted by molar-refractivity contribution is 6.32. The minimum atomic E-state index is -0.730. The normalized spacial score (nSPS) is 16.9. The van der Waals surface area contributed by atoms with Crippen LogP contribution in [0, 0.1) is 13.8 Å². The van der Waals surface area contributed by atoms with E-state index in [1.54, 1.807) is 0 Å². The van der Waals surface area contributed by atoms with Gasteiger partial charge in [0.15, 0.2) is 0 Å². The number of hydrogen-bond acceptors (Lipinski definition) is 2. The first-order valence-corrected chi connectivity index (χ1v) is 11.9. The van der Waals surface area contributed by atoms with Gasteiger partial charge in [-0.25, -0.2) is 0 Å². The van der Waals surface area contributed by atoms with Crippen LogP contribution in [0.25, 0.3) is 23.3 Å². The number of aryl methyl sites for hydroxylation is 1. The standard InChI is InChI=1S/C29H30ClNO2/c1-20-17-24(27(30)18-25(20)19-31-16-7-6-13-28(31)29(32)33)15-14-22-11-8-12-26(21(22)2)23-9-4-3-5-10-23/h3-5,8-12,14-15,17-18,28H,6-7,13,16,19H2,1-2H3,(H,32,33)/b15-14+/t28-/m0/s1. The Labute approximate surface area is 201 Å². The molecule has 0 aliphatic carbocycles. The van der Waals surface area contributed by atoms with Gasteiger partial charge in [-0.15, -0.1) is 0 Å². The second-order valence-corrected chi connectivity index (χ2v) is 9.25. The number of nitrogens with zero attached hydrogens (tertiary/aromatic N) is 1. The van der Waals surface area contributed by atoms with Crippen LogP contribution in [0.15, 0.2) is 60.7 Å². The Kier molecular flexibility index (Phi) is 7.32. The Morgan fingerprint density at radius 1 is 1.03 bits per heavy atom. The molecule has 0 radical (unpaired) electrons. The maximum absolute atomic E-state index is 11.6. The third-order valence-electron chi connectivity index (χ3n) is 6.63. The molecule has 1 heterocycles. The SMILES string of the molecule is Cc1cc(/C=C/c2cccc(-c3ccccc3)c2C)c(Cl)cc1CN1CCCC[C@H]1C(=O)O. The molecular weight excluding hydrogens is 430 g/mol. The highest BCUT2D eigenvalue weighted by atomic mass is 35.5.